The lowest BCUT2D eigenvalue weighted by Crippen LogP contribution is -2.32. The number of anilines is 1. The second-order valence-electron chi connectivity index (χ2n) is 7.18. The number of hydrogen-bond donors (Lipinski definition) is 2. The Kier molecular flexibility index (Phi) is 7.21. The molecular formula is C20H27ClN4OS. The van der Waals surface area contributed by atoms with Crippen LogP contribution in [0, 0.1) is 0 Å². The van der Waals surface area contributed by atoms with Gasteiger partial charge in [-0.3, -0.25) is 9.48 Å². The Labute approximate surface area is 171 Å². The van der Waals surface area contributed by atoms with Gasteiger partial charge < -0.3 is 10.6 Å². The van der Waals surface area contributed by atoms with E-state index in [-0.39, 0.29) is 18.3 Å². The van der Waals surface area contributed by atoms with E-state index in [9.17, 15) is 4.79 Å². The van der Waals surface area contributed by atoms with Crippen molar-refractivity contribution in [2.75, 3.05) is 18.4 Å². The number of aromatic nitrogens is 2. The zero-order valence-electron chi connectivity index (χ0n) is 15.4. The molecule has 2 heterocycles. The second kappa shape index (κ2) is 9.62. The summed E-state index contributed by atoms with van der Waals surface area (Å²) in [5, 5.41) is 11.6. The number of rotatable bonds is 5. The average molecular weight is 407 g/mol. The van der Waals surface area contributed by atoms with Gasteiger partial charge in [-0.05, 0) is 62.6 Å². The number of benzene rings is 1. The number of hydrogen-bond acceptors (Lipinski definition) is 4. The fourth-order valence-electron chi connectivity index (χ4n) is 3.73. The highest BCUT2D eigenvalue weighted by molar-refractivity contribution is 8.00. The van der Waals surface area contributed by atoms with Crippen LogP contribution >= 0.6 is 24.2 Å². The van der Waals surface area contributed by atoms with Gasteiger partial charge in [-0.25, -0.2) is 0 Å². The Balaban J connectivity index is 0.00000210. The molecule has 1 saturated carbocycles. The fourth-order valence-corrected chi connectivity index (χ4v) is 4.98. The maximum absolute atomic E-state index is 12.5. The first-order valence-electron chi connectivity index (χ1n) is 9.62. The number of carbonyl (C=O) groups excluding carboxylic acids is 1. The van der Waals surface area contributed by atoms with Gasteiger partial charge >= 0.3 is 0 Å². The van der Waals surface area contributed by atoms with Crippen LogP contribution < -0.4 is 10.6 Å². The minimum absolute atomic E-state index is 0. The van der Waals surface area contributed by atoms with Crippen LogP contribution in [0.2, 0.25) is 0 Å². The number of carbonyl (C=O) groups is 1. The molecule has 1 aromatic heterocycles. The van der Waals surface area contributed by atoms with Crippen molar-refractivity contribution in [3.63, 3.8) is 0 Å². The van der Waals surface area contributed by atoms with E-state index in [2.05, 4.69) is 27.9 Å². The lowest BCUT2D eigenvalue weighted by Gasteiger charge is -2.22. The van der Waals surface area contributed by atoms with Crippen molar-refractivity contribution in [3.8, 4) is 0 Å². The van der Waals surface area contributed by atoms with Crippen molar-refractivity contribution < 1.29 is 4.79 Å². The predicted molar refractivity (Wildman–Crippen MR) is 113 cm³/mol. The zero-order valence-corrected chi connectivity index (χ0v) is 17.0. The quantitative estimate of drug-likeness (QED) is 0.766. The Hall–Kier alpha value is -1.50. The van der Waals surface area contributed by atoms with Crippen LogP contribution in [-0.2, 0) is 0 Å². The monoisotopic (exact) mass is 406 g/mol. The number of nitrogens with zero attached hydrogens (tertiary/aromatic N) is 2. The third kappa shape index (κ3) is 5.27. The molecule has 1 aliphatic heterocycles. The molecule has 1 aliphatic carbocycles. The minimum atomic E-state index is -0.149. The van der Waals surface area contributed by atoms with Gasteiger partial charge in [-0.15, -0.1) is 24.2 Å². The molecule has 0 bridgehead atoms. The Morgan fingerprint density at radius 2 is 1.89 bits per heavy atom. The van der Waals surface area contributed by atoms with E-state index in [1.165, 1.54) is 30.6 Å². The summed E-state index contributed by atoms with van der Waals surface area (Å²) in [4.78, 5) is 13.7. The van der Waals surface area contributed by atoms with Crippen molar-refractivity contribution in [1.82, 2.24) is 15.1 Å². The van der Waals surface area contributed by atoms with Crippen molar-refractivity contribution in [1.29, 1.82) is 0 Å². The van der Waals surface area contributed by atoms with E-state index in [0.717, 1.165) is 36.9 Å². The molecule has 1 atom stereocenters. The Morgan fingerprint density at radius 3 is 2.59 bits per heavy atom. The number of nitrogens with one attached hydrogen (secondary N) is 2. The molecule has 0 spiro atoms. The molecule has 2 N–H and O–H groups in total. The van der Waals surface area contributed by atoms with Crippen molar-refractivity contribution >= 4 is 35.8 Å². The molecular weight excluding hydrogens is 380 g/mol. The average Bonchev–Trinajstić information content (AvgIpc) is 3.36. The van der Waals surface area contributed by atoms with Crippen molar-refractivity contribution in [2.24, 2.45) is 0 Å². The molecule has 2 aromatic rings. The van der Waals surface area contributed by atoms with Crippen LogP contribution in [-0.4, -0.2) is 34.0 Å². The second-order valence-corrected chi connectivity index (χ2v) is 8.56. The lowest BCUT2D eigenvalue weighted by atomic mass is 10.1. The van der Waals surface area contributed by atoms with Gasteiger partial charge in [0.25, 0.3) is 5.91 Å². The number of thioether (sulfide) groups is 1. The fraction of sp³-hybridized carbons (Fsp3) is 0.500. The summed E-state index contributed by atoms with van der Waals surface area (Å²) in [6, 6.07) is 10.3. The first kappa shape index (κ1) is 20.2. The van der Waals surface area contributed by atoms with Crippen molar-refractivity contribution in [3.05, 3.63) is 42.2 Å². The summed E-state index contributed by atoms with van der Waals surface area (Å²) in [6.45, 7) is 1.99. The van der Waals surface area contributed by atoms with Gasteiger partial charge in [-0.1, -0.05) is 12.8 Å². The highest BCUT2D eigenvalue weighted by Crippen LogP contribution is 2.35. The summed E-state index contributed by atoms with van der Waals surface area (Å²) in [6.07, 6.45) is 9.52. The summed E-state index contributed by atoms with van der Waals surface area (Å²) in [7, 11) is 0. The van der Waals surface area contributed by atoms with E-state index < -0.39 is 0 Å². The largest absolute Gasteiger partial charge is 0.321 e. The van der Waals surface area contributed by atoms with E-state index in [0.29, 0.717) is 11.7 Å². The molecule has 1 saturated heterocycles. The molecule has 4 rings (SSSR count). The summed E-state index contributed by atoms with van der Waals surface area (Å²) < 4.78 is 1.92. The molecule has 2 aliphatic rings. The number of piperidine rings is 1. The molecule has 146 valence electrons. The van der Waals surface area contributed by atoms with Gasteiger partial charge in [0.15, 0.2) is 5.69 Å². The summed E-state index contributed by atoms with van der Waals surface area (Å²) in [5.74, 6) is -0.149. The van der Waals surface area contributed by atoms with Gasteiger partial charge in [0.2, 0.25) is 0 Å². The first-order chi connectivity index (χ1) is 12.8. The highest BCUT2D eigenvalue weighted by Gasteiger charge is 2.18. The first-order valence-corrected chi connectivity index (χ1v) is 10.5. The number of halogens is 1. The smallest absolute Gasteiger partial charge is 0.276 e. The molecule has 27 heavy (non-hydrogen) atoms. The maximum atomic E-state index is 12.5. The van der Waals surface area contributed by atoms with Gasteiger partial charge in [0.05, 0.1) is 6.04 Å². The normalized spacial score (nSPS) is 20.2. The summed E-state index contributed by atoms with van der Waals surface area (Å²) in [5.41, 5.74) is 1.29. The molecule has 1 aromatic carbocycles. The predicted octanol–water partition coefficient (Wildman–Crippen LogP) is 4.52. The maximum Gasteiger partial charge on any atom is 0.276 e. The summed E-state index contributed by atoms with van der Waals surface area (Å²) >= 11 is 1.96. The van der Waals surface area contributed by atoms with Crippen LogP contribution in [0.1, 0.15) is 55.1 Å². The Bertz CT molecular complexity index is 737. The molecule has 2 fully saturated rings. The van der Waals surface area contributed by atoms with E-state index in [4.69, 9.17) is 0 Å². The highest BCUT2D eigenvalue weighted by atomic mass is 35.5. The van der Waals surface area contributed by atoms with E-state index in [1.807, 2.05) is 34.8 Å². The SMILES string of the molecule is Cl.O=C(Nc1ccc(SC2CCCC2)cc1)c1ccn(C2CCCNC2)n1. The van der Waals surface area contributed by atoms with Crippen LogP contribution in [0.25, 0.3) is 0 Å². The molecule has 5 nitrogen and oxygen atoms in total. The van der Waals surface area contributed by atoms with Gasteiger partial charge in [0, 0.05) is 28.6 Å². The van der Waals surface area contributed by atoms with Crippen LogP contribution in [0.3, 0.4) is 0 Å². The molecule has 0 radical (unpaired) electrons. The minimum Gasteiger partial charge on any atom is -0.321 e. The van der Waals surface area contributed by atoms with Gasteiger partial charge in [0.1, 0.15) is 0 Å². The third-order valence-electron chi connectivity index (χ3n) is 5.20. The Morgan fingerprint density at radius 1 is 1.11 bits per heavy atom. The molecule has 1 amide bonds. The van der Waals surface area contributed by atoms with E-state index in [1.54, 1.807) is 6.07 Å². The molecule has 1 unspecified atom stereocenters. The van der Waals surface area contributed by atoms with E-state index >= 15 is 0 Å². The zero-order chi connectivity index (χ0) is 17.8. The third-order valence-corrected chi connectivity index (χ3v) is 6.55. The number of amides is 1. The topological polar surface area (TPSA) is 59.0 Å². The standard InChI is InChI=1S/C20H26N4OS.ClH/c25-20(19-11-13-24(23-19)16-4-3-12-21-14-16)22-15-7-9-18(10-8-15)26-17-5-1-2-6-17;/h7-11,13,16-17,21H,1-6,12,14H2,(H,22,25);1H. The van der Waals surface area contributed by atoms with Crippen LogP contribution in [0.5, 0.6) is 0 Å². The molecule has 7 heteroatoms. The van der Waals surface area contributed by atoms with Crippen molar-refractivity contribution in [2.45, 2.75) is 54.7 Å². The lowest BCUT2D eigenvalue weighted by molar-refractivity contribution is 0.102. The van der Waals surface area contributed by atoms with Gasteiger partial charge in [-0.2, -0.15) is 5.10 Å². The van der Waals surface area contributed by atoms with Crippen LogP contribution in [0.4, 0.5) is 5.69 Å². The van der Waals surface area contributed by atoms with Crippen LogP contribution in [0.15, 0.2) is 41.4 Å².